The van der Waals surface area contributed by atoms with Crippen molar-refractivity contribution in [2.45, 2.75) is 75.3 Å². The second-order valence-corrected chi connectivity index (χ2v) is 9.97. The van der Waals surface area contributed by atoms with Crippen molar-refractivity contribution in [1.82, 2.24) is 14.9 Å². The Bertz CT molecular complexity index is 817. The van der Waals surface area contributed by atoms with Crippen LogP contribution in [-0.4, -0.2) is 49.7 Å². The van der Waals surface area contributed by atoms with E-state index in [1.165, 1.54) is 0 Å². The summed E-state index contributed by atoms with van der Waals surface area (Å²) in [5.41, 5.74) is 1.01. The number of carbonyl (C=O) groups excluding carboxylic acids is 2. The lowest BCUT2D eigenvalue weighted by atomic mass is 10.0. The molecule has 2 N–H and O–H groups in total. The Morgan fingerprint density at radius 3 is 2.34 bits per heavy atom. The number of nitrogens with one attached hydrogen (secondary N) is 2. The van der Waals surface area contributed by atoms with Gasteiger partial charge >= 0.3 is 11.8 Å². The molecule has 7 nitrogen and oxygen atoms in total. The standard InChI is InChI=1S/C21H31N3O4S/c1-16-9-11-19(12-10-16)29(27,28)24-15-5-4-8-18(24)13-14-22-20(25)21(26)23-17-6-2-3-7-17/h9-12,17-18H,2-8,13-15H2,1H3,(H,22,25)(H,23,26)/t18-/m0/s1. The van der Waals surface area contributed by atoms with Gasteiger partial charge in [-0.3, -0.25) is 9.59 Å². The molecule has 160 valence electrons. The smallest absolute Gasteiger partial charge is 0.309 e. The third-order valence-electron chi connectivity index (χ3n) is 5.86. The Hall–Kier alpha value is -1.93. The molecule has 0 unspecified atom stereocenters. The highest BCUT2D eigenvalue weighted by Crippen LogP contribution is 2.27. The van der Waals surface area contributed by atoms with Gasteiger partial charge in [-0.05, 0) is 51.2 Å². The van der Waals surface area contributed by atoms with Crippen molar-refractivity contribution < 1.29 is 18.0 Å². The molecule has 1 heterocycles. The summed E-state index contributed by atoms with van der Waals surface area (Å²) in [6, 6.07) is 6.82. The van der Waals surface area contributed by atoms with Gasteiger partial charge in [0, 0.05) is 25.2 Å². The minimum absolute atomic E-state index is 0.0988. The molecule has 1 aliphatic carbocycles. The van der Waals surface area contributed by atoms with Crippen LogP contribution in [0.15, 0.2) is 29.2 Å². The molecule has 2 aliphatic rings. The third kappa shape index (κ3) is 5.57. The molecule has 0 spiro atoms. The minimum Gasteiger partial charge on any atom is -0.348 e. The molecule has 1 aliphatic heterocycles. The van der Waals surface area contributed by atoms with E-state index in [2.05, 4.69) is 10.6 Å². The van der Waals surface area contributed by atoms with Crippen LogP contribution in [0.2, 0.25) is 0 Å². The molecule has 0 radical (unpaired) electrons. The van der Waals surface area contributed by atoms with Crippen LogP contribution < -0.4 is 10.6 Å². The van der Waals surface area contributed by atoms with Gasteiger partial charge in [0.15, 0.2) is 0 Å². The van der Waals surface area contributed by atoms with Gasteiger partial charge in [0.2, 0.25) is 10.0 Å². The molecule has 1 aromatic rings. The molecule has 29 heavy (non-hydrogen) atoms. The molecule has 0 aromatic heterocycles. The summed E-state index contributed by atoms with van der Waals surface area (Å²) in [5.74, 6) is -1.23. The van der Waals surface area contributed by atoms with Crippen molar-refractivity contribution in [3.05, 3.63) is 29.8 Å². The fourth-order valence-corrected chi connectivity index (χ4v) is 5.90. The number of amides is 2. The predicted molar refractivity (Wildman–Crippen MR) is 111 cm³/mol. The fraction of sp³-hybridized carbons (Fsp3) is 0.619. The summed E-state index contributed by atoms with van der Waals surface area (Å²) in [4.78, 5) is 24.3. The molecule has 1 atom stereocenters. The summed E-state index contributed by atoms with van der Waals surface area (Å²) in [7, 11) is -3.57. The number of carbonyl (C=O) groups is 2. The zero-order valence-electron chi connectivity index (χ0n) is 17.0. The van der Waals surface area contributed by atoms with E-state index < -0.39 is 21.8 Å². The van der Waals surface area contributed by atoms with E-state index in [9.17, 15) is 18.0 Å². The van der Waals surface area contributed by atoms with Crippen LogP contribution in [0.3, 0.4) is 0 Å². The number of piperidine rings is 1. The Balaban J connectivity index is 1.55. The van der Waals surface area contributed by atoms with Crippen molar-refractivity contribution in [3.8, 4) is 0 Å². The lowest BCUT2D eigenvalue weighted by Crippen LogP contribution is -2.47. The average molecular weight is 422 g/mol. The zero-order valence-corrected chi connectivity index (χ0v) is 17.8. The lowest BCUT2D eigenvalue weighted by Gasteiger charge is -2.34. The molecular weight excluding hydrogens is 390 g/mol. The largest absolute Gasteiger partial charge is 0.348 e. The van der Waals surface area contributed by atoms with E-state index in [4.69, 9.17) is 0 Å². The fourth-order valence-electron chi connectivity index (χ4n) is 4.18. The first kappa shape index (κ1) is 21.8. The molecule has 3 rings (SSSR count). The predicted octanol–water partition coefficient (Wildman–Crippen LogP) is 2.10. The number of hydrogen-bond acceptors (Lipinski definition) is 4. The monoisotopic (exact) mass is 421 g/mol. The zero-order chi connectivity index (χ0) is 20.9. The maximum Gasteiger partial charge on any atom is 0.309 e. The van der Waals surface area contributed by atoms with Gasteiger partial charge in [-0.1, -0.05) is 37.0 Å². The van der Waals surface area contributed by atoms with Gasteiger partial charge in [-0.15, -0.1) is 0 Å². The molecule has 1 aromatic carbocycles. The molecule has 1 saturated carbocycles. The first-order valence-electron chi connectivity index (χ1n) is 10.5. The van der Waals surface area contributed by atoms with Crippen molar-refractivity contribution in [3.63, 3.8) is 0 Å². The van der Waals surface area contributed by atoms with Crippen molar-refractivity contribution in [1.29, 1.82) is 0 Å². The number of rotatable bonds is 6. The van der Waals surface area contributed by atoms with Gasteiger partial charge in [-0.2, -0.15) is 4.31 Å². The van der Waals surface area contributed by atoms with Crippen LogP contribution in [0.4, 0.5) is 0 Å². The van der Waals surface area contributed by atoms with E-state index in [1.807, 2.05) is 6.92 Å². The van der Waals surface area contributed by atoms with Gasteiger partial charge in [-0.25, -0.2) is 8.42 Å². The summed E-state index contributed by atoms with van der Waals surface area (Å²) < 4.78 is 27.7. The van der Waals surface area contributed by atoms with E-state index >= 15 is 0 Å². The van der Waals surface area contributed by atoms with E-state index in [0.29, 0.717) is 17.9 Å². The second-order valence-electron chi connectivity index (χ2n) is 8.08. The normalized spacial score (nSPS) is 21.1. The van der Waals surface area contributed by atoms with Crippen molar-refractivity contribution in [2.24, 2.45) is 0 Å². The van der Waals surface area contributed by atoms with Crippen LogP contribution >= 0.6 is 0 Å². The Kier molecular flexibility index (Phi) is 7.29. The first-order chi connectivity index (χ1) is 13.9. The summed E-state index contributed by atoms with van der Waals surface area (Å²) >= 11 is 0. The van der Waals surface area contributed by atoms with E-state index in [1.54, 1.807) is 28.6 Å². The Morgan fingerprint density at radius 2 is 1.66 bits per heavy atom. The number of hydrogen-bond donors (Lipinski definition) is 2. The SMILES string of the molecule is Cc1ccc(S(=O)(=O)N2CCCC[C@H]2CCNC(=O)C(=O)NC2CCCC2)cc1. The lowest BCUT2D eigenvalue weighted by molar-refractivity contribution is -0.139. The topological polar surface area (TPSA) is 95.6 Å². The summed E-state index contributed by atoms with van der Waals surface area (Å²) in [6.07, 6.45) is 7.06. The highest BCUT2D eigenvalue weighted by molar-refractivity contribution is 7.89. The second kappa shape index (κ2) is 9.71. The maximum absolute atomic E-state index is 13.1. The molecule has 0 bridgehead atoms. The number of sulfonamides is 1. The highest BCUT2D eigenvalue weighted by atomic mass is 32.2. The quantitative estimate of drug-likeness (QED) is 0.688. The van der Waals surface area contributed by atoms with Crippen molar-refractivity contribution >= 4 is 21.8 Å². The van der Waals surface area contributed by atoms with Gasteiger partial charge < -0.3 is 10.6 Å². The van der Waals surface area contributed by atoms with Gasteiger partial charge in [0.25, 0.3) is 0 Å². The summed E-state index contributed by atoms with van der Waals surface area (Å²) in [5, 5.41) is 5.42. The van der Waals surface area contributed by atoms with E-state index in [0.717, 1.165) is 50.5 Å². The maximum atomic E-state index is 13.1. The molecule has 1 saturated heterocycles. The number of nitrogens with zero attached hydrogens (tertiary/aromatic N) is 1. The van der Waals surface area contributed by atoms with Crippen LogP contribution in [-0.2, 0) is 19.6 Å². The summed E-state index contributed by atoms with van der Waals surface area (Å²) in [6.45, 7) is 2.68. The number of aryl methyl sites for hydroxylation is 1. The van der Waals surface area contributed by atoms with Crippen molar-refractivity contribution in [2.75, 3.05) is 13.1 Å². The van der Waals surface area contributed by atoms with E-state index in [-0.39, 0.29) is 18.6 Å². The minimum atomic E-state index is -3.57. The van der Waals surface area contributed by atoms with Gasteiger partial charge in [0.1, 0.15) is 0 Å². The number of benzene rings is 1. The van der Waals surface area contributed by atoms with Crippen LogP contribution in [0.25, 0.3) is 0 Å². The van der Waals surface area contributed by atoms with Crippen LogP contribution in [0.1, 0.15) is 56.9 Å². The average Bonchev–Trinajstić information content (AvgIpc) is 3.21. The highest BCUT2D eigenvalue weighted by Gasteiger charge is 2.33. The third-order valence-corrected chi connectivity index (χ3v) is 7.83. The molecule has 8 heteroatoms. The Morgan fingerprint density at radius 1 is 1.00 bits per heavy atom. The Labute approximate surface area is 173 Å². The first-order valence-corrected chi connectivity index (χ1v) is 12.0. The van der Waals surface area contributed by atoms with Crippen LogP contribution in [0, 0.1) is 6.92 Å². The van der Waals surface area contributed by atoms with Crippen LogP contribution in [0.5, 0.6) is 0 Å². The molecule has 2 amide bonds. The molecular formula is C21H31N3O4S. The molecule has 2 fully saturated rings. The van der Waals surface area contributed by atoms with Gasteiger partial charge in [0.05, 0.1) is 4.90 Å².